The van der Waals surface area contributed by atoms with Crippen LogP contribution in [0.1, 0.15) is 20.9 Å². The second kappa shape index (κ2) is 8.31. The number of para-hydroxylation sites is 2. The third-order valence-electron chi connectivity index (χ3n) is 4.48. The SMILES string of the molecule is COc1ccc(C(=O)Nc2ccccc2NC(=O)c2cc3cc(Cl)ccc3o2)cc1. The highest BCUT2D eigenvalue weighted by molar-refractivity contribution is 6.31. The summed E-state index contributed by atoms with van der Waals surface area (Å²) in [7, 11) is 1.56. The van der Waals surface area contributed by atoms with Crippen molar-refractivity contribution in [3.8, 4) is 5.75 Å². The van der Waals surface area contributed by atoms with Gasteiger partial charge < -0.3 is 19.8 Å². The lowest BCUT2D eigenvalue weighted by molar-refractivity contribution is 0.0995. The van der Waals surface area contributed by atoms with E-state index in [2.05, 4.69) is 10.6 Å². The molecule has 1 heterocycles. The number of anilines is 2. The monoisotopic (exact) mass is 420 g/mol. The summed E-state index contributed by atoms with van der Waals surface area (Å²) < 4.78 is 10.7. The Labute approximate surface area is 177 Å². The van der Waals surface area contributed by atoms with E-state index in [1.165, 1.54) is 0 Å². The molecule has 0 saturated carbocycles. The first-order chi connectivity index (χ1) is 14.5. The molecule has 0 atom stereocenters. The van der Waals surface area contributed by atoms with E-state index < -0.39 is 5.91 Å². The Morgan fingerprint density at radius 2 is 1.53 bits per heavy atom. The lowest BCUT2D eigenvalue weighted by Gasteiger charge is -2.12. The third-order valence-corrected chi connectivity index (χ3v) is 4.71. The first kappa shape index (κ1) is 19.5. The summed E-state index contributed by atoms with van der Waals surface area (Å²) in [5.41, 5.74) is 1.94. The van der Waals surface area contributed by atoms with Crippen LogP contribution in [0.2, 0.25) is 5.02 Å². The molecule has 0 aliphatic carbocycles. The molecular weight excluding hydrogens is 404 g/mol. The molecule has 0 fully saturated rings. The Kier molecular flexibility index (Phi) is 5.41. The molecule has 150 valence electrons. The molecule has 30 heavy (non-hydrogen) atoms. The van der Waals surface area contributed by atoms with E-state index >= 15 is 0 Å². The van der Waals surface area contributed by atoms with Crippen LogP contribution in [-0.2, 0) is 0 Å². The number of carbonyl (C=O) groups excluding carboxylic acids is 2. The van der Waals surface area contributed by atoms with Crippen molar-refractivity contribution >= 4 is 45.8 Å². The highest BCUT2D eigenvalue weighted by Gasteiger charge is 2.16. The minimum absolute atomic E-state index is 0.142. The fraction of sp³-hybridized carbons (Fsp3) is 0.0435. The predicted octanol–water partition coefficient (Wildman–Crippen LogP) is 5.60. The number of hydrogen-bond acceptors (Lipinski definition) is 4. The Hall–Kier alpha value is -3.77. The average Bonchev–Trinajstić information content (AvgIpc) is 3.18. The Morgan fingerprint density at radius 1 is 0.867 bits per heavy atom. The summed E-state index contributed by atoms with van der Waals surface area (Å²) in [6, 6.07) is 20.4. The Bertz CT molecular complexity index is 1230. The summed E-state index contributed by atoms with van der Waals surface area (Å²) in [5, 5.41) is 6.88. The fourth-order valence-corrected chi connectivity index (χ4v) is 3.13. The highest BCUT2D eigenvalue weighted by Crippen LogP contribution is 2.26. The normalized spacial score (nSPS) is 10.6. The van der Waals surface area contributed by atoms with Crippen molar-refractivity contribution in [1.82, 2.24) is 0 Å². The molecule has 0 bridgehead atoms. The summed E-state index contributed by atoms with van der Waals surface area (Å²) in [5.74, 6) is 0.0566. The molecule has 4 aromatic rings. The smallest absolute Gasteiger partial charge is 0.291 e. The number of benzene rings is 3. The zero-order valence-corrected chi connectivity index (χ0v) is 16.7. The van der Waals surface area contributed by atoms with Gasteiger partial charge in [0.1, 0.15) is 11.3 Å². The number of amides is 2. The average molecular weight is 421 g/mol. The molecule has 2 amide bonds. The van der Waals surface area contributed by atoms with Crippen LogP contribution in [-0.4, -0.2) is 18.9 Å². The molecule has 4 rings (SSSR count). The van der Waals surface area contributed by atoms with Gasteiger partial charge in [0.2, 0.25) is 0 Å². The largest absolute Gasteiger partial charge is 0.497 e. The maximum atomic E-state index is 12.7. The van der Waals surface area contributed by atoms with Gasteiger partial charge in [-0.25, -0.2) is 0 Å². The third kappa shape index (κ3) is 4.14. The van der Waals surface area contributed by atoms with Gasteiger partial charge in [-0.3, -0.25) is 9.59 Å². The quantitative estimate of drug-likeness (QED) is 0.440. The van der Waals surface area contributed by atoms with E-state index in [0.717, 1.165) is 5.39 Å². The van der Waals surface area contributed by atoms with Crippen LogP contribution in [0.15, 0.2) is 77.2 Å². The number of halogens is 1. The number of rotatable bonds is 5. The van der Waals surface area contributed by atoms with Gasteiger partial charge in [0.15, 0.2) is 5.76 Å². The molecule has 0 aliphatic heterocycles. The van der Waals surface area contributed by atoms with Gasteiger partial charge in [0.05, 0.1) is 18.5 Å². The van der Waals surface area contributed by atoms with Gasteiger partial charge >= 0.3 is 0 Å². The molecule has 0 unspecified atom stereocenters. The van der Waals surface area contributed by atoms with E-state index in [9.17, 15) is 9.59 Å². The molecule has 2 N–H and O–H groups in total. The summed E-state index contributed by atoms with van der Waals surface area (Å²) in [6.45, 7) is 0. The lowest BCUT2D eigenvalue weighted by Crippen LogP contribution is -2.16. The van der Waals surface area contributed by atoms with Gasteiger partial charge in [-0.15, -0.1) is 0 Å². The summed E-state index contributed by atoms with van der Waals surface area (Å²) in [6.07, 6.45) is 0. The van der Waals surface area contributed by atoms with Gasteiger partial charge in [-0.05, 0) is 60.7 Å². The van der Waals surface area contributed by atoms with Gasteiger partial charge in [0, 0.05) is 16.0 Å². The molecule has 3 aromatic carbocycles. The number of ether oxygens (including phenoxy) is 1. The van der Waals surface area contributed by atoms with E-state index in [-0.39, 0.29) is 11.7 Å². The van der Waals surface area contributed by atoms with Gasteiger partial charge in [0.25, 0.3) is 11.8 Å². The molecule has 0 spiro atoms. The van der Waals surface area contributed by atoms with Crippen molar-refractivity contribution in [1.29, 1.82) is 0 Å². The highest BCUT2D eigenvalue weighted by atomic mass is 35.5. The summed E-state index contributed by atoms with van der Waals surface area (Å²) in [4.78, 5) is 25.3. The molecule has 1 aromatic heterocycles. The fourth-order valence-electron chi connectivity index (χ4n) is 2.95. The molecular formula is C23H17ClN2O4. The number of carbonyl (C=O) groups is 2. The first-order valence-corrected chi connectivity index (χ1v) is 9.46. The van der Waals surface area contributed by atoms with Crippen LogP contribution in [0.3, 0.4) is 0 Å². The minimum atomic E-state index is -0.437. The first-order valence-electron chi connectivity index (χ1n) is 9.08. The van der Waals surface area contributed by atoms with Crippen LogP contribution >= 0.6 is 11.6 Å². The standard InChI is InChI=1S/C23H17ClN2O4/c1-29-17-9-6-14(7-10-17)22(27)25-18-4-2-3-5-19(18)26-23(28)21-13-15-12-16(24)8-11-20(15)30-21/h2-13H,1H3,(H,25,27)(H,26,28). The van der Waals surface area contributed by atoms with Crippen molar-refractivity contribution in [3.63, 3.8) is 0 Å². The Morgan fingerprint density at radius 3 is 2.20 bits per heavy atom. The second-order valence-electron chi connectivity index (χ2n) is 6.48. The van der Waals surface area contributed by atoms with Crippen LogP contribution in [0.5, 0.6) is 5.75 Å². The van der Waals surface area contributed by atoms with Crippen LogP contribution in [0, 0.1) is 0 Å². The molecule has 0 aliphatic rings. The molecule has 0 saturated heterocycles. The van der Waals surface area contributed by atoms with Gasteiger partial charge in [-0.2, -0.15) is 0 Å². The number of hydrogen-bond donors (Lipinski definition) is 2. The van der Waals surface area contributed by atoms with Crippen molar-refractivity contribution in [2.45, 2.75) is 0 Å². The van der Waals surface area contributed by atoms with Crippen LogP contribution < -0.4 is 15.4 Å². The summed E-state index contributed by atoms with van der Waals surface area (Å²) >= 11 is 5.98. The number of nitrogens with one attached hydrogen (secondary N) is 2. The topological polar surface area (TPSA) is 80.6 Å². The van der Waals surface area contributed by atoms with Crippen molar-refractivity contribution in [2.75, 3.05) is 17.7 Å². The minimum Gasteiger partial charge on any atom is -0.497 e. The number of methoxy groups -OCH3 is 1. The van der Waals surface area contributed by atoms with E-state index in [0.29, 0.717) is 33.3 Å². The van der Waals surface area contributed by atoms with E-state index in [4.69, 9.17) is 20.8 Å². The van der Waals surface area contributed by atoms with Crippen molar-refractivity contribution in [3.05, 3.63) is 89.1 Å². The zero-order valence-electron chi connectivity index (χ0n) is 15.9. The van der Waals surface area contributed by atoms with E-state index in [1.807, 2.05) is 0 Å². The van der Waals surface area contributed by atoms with E-state index in [1.54, 1.807) is 79.9 Å². The number of furan rings is 1. The van der Waals surface area contributed by atoms with Crippen molar-refractivity contribution < 1.29 is 18.7 Å². The van der Waals surface area contributed by atoms with Crippen LogP contribution in [0.4, 0.5) is 11.4 Å². The molecule has 7 heteroatoms. The predicted molar refractivity (Wildman–Crippen MR) is 117 cm³/mol. The van der Waals surface area contributed by atoms with Crippen molar-refractivity contribution in [2.24, 2.45) is 0 Å². The molecule has 0 radical (unpaired) electrons. The number of fused-ring (bicyclic) bond motifs is 1. The molecule has 6 nitrogen and oxygen atoms in total. The van der Waals surface area contributed by atoms with Gasteiger partial charge in [-0.1, -0.05) is 23.7 Å². The maximum absolute atomic E-state index is 12.7. The second-order valence-corrected chi connectivity index (χ2v) is 6.91. The van der Waals surface area contributed by atoms with Crippen LogP contribution in [0.25, 0.3) is 11.0 Å². The lowest BCUT2D eigenvalue weighted by atomic mass is 10.2. The Balaban J connectivity index is 1.53. The zero-order chi connectivity index (χ0) is 21.1. The maximum Gasteiger partial charge on any atom is 0.291 e.